The Morgan fingerprint density at radius 2 is 2.23 bits per heavy atom. The Hall–Kier alpha value is -1.73. The van der Waals surface area contributed by atoms with Crippen molar-refractivity contribution >= 4 is 0 Å². The lowest BCUT2D eigenvalue weighted by molar-refractivity contribution is 0.205. The van der Waals surface area contributed by atoms with Gasteiger partial charge >= 0.3 is 0 Å². The maximum Gasteiger partial charge on any atom is 0.231 e. The van der Waals surface area contributed by atoms with Crippen LogP contribution in [0.3, 0.4) is 0 Å². The summed E-state index contributed by atoms with van der Waals surface area (Å²) >= 11 is 0. The van der Waals surface area contributed by atoms with Gasteiger partial charge in [-0.25, -0.2) is 0 Å². The van der Waals surface area contributed by atoms with Crippen LogP contribution in [0.25, 0.3) is 0 Å². The zero-order valence-electron chi connectivity index (χ0n) is 12.7. The van der Waals surface area contributed by atoms with Gasteiger partial charge < -0.3 is 9.63 Å². The predicted octanol–water partition coefficient (Wildman–Crippen LogP) is 0.888. The van der Waals surface area contributed by atoms with E-state index in [1.807, 2.05) is 24.1 Å². The molecule has 2 aromatic heterocycles. The van der Waals surface area contributed by atoms with E-state index in [1.54, 1.807) is 0 Å². The number of rotatable bonds is 5. The van der Waals surface area contributed by atoms with E-state index in [9.17, 15) is 5.11 Å². The first-order valence-corrected chi connectivity index (χ1v) is 7.87. The molecule has 0 bridgehead atoms. The summed E-state index contributed by atoms with van der Waals surface area (Å²) in [6, 6.07) is 0. The molecule has 0 radical (unpaired) electrons. The highest BCUT2D eigenvalue weighted by Gasteiger charge is 2.38. The number of aliphatic hydroxyl groups excluding tert-OH is 1. The van der Waals surface area contributed by atoms with Crippen molar-refractivity contribution in [3.8, 4) is 0 Å². The molecule has 7 nitrogen and oxygen atoms in total. The van der Waals surface area contributed by atoms with Crippen LogP contribution >= 0.6 is 0 Å². The molecular weight excluding hydrogens is 282 g/mol. The van der Waals surface area contributed by atoms with E-state index >= 15 is 0 Å². The minimum absolute atomic E-state index is 0.127. The number of hydrogen-bond donors (Lipinski definition) is 1. The quantitative estimate of drug-likeness (QED) is 0.883. The van der Waals surface area contributed by atoms with Crippen LogP contribution in [0.4, 0.5) is 0 Å². The van der Waals surface area contributed by atoms with Gasteiger partial charge in [0.25, 0.3) is 0 Å². The SMILES string of the molecule is Cn1cc(CN2C[C@@H](CO)[C@H](c3nc(C4CC4)no3)C2)cn1. The van der Waals surface area contributed by atoms with E-state index in [-0.39, 0.29) is 18.4 Å². The molecule has 1 saturated carbocycles. The Morgan fingerprint density at radius 1 is 1.36 bits per heavy atom. The number of aromatic nitrogens is 4. The normalized spacial score (nSPS) is 25.9. The second-order valence-electron chi connectivity index (χ2n) is 6.53. The molecule has 7 heteroatoms. The predicted molar refractivity (Wildman–Crippen MR) is 78.1 cm³/mol. The van der Waals surface area contributed by atoms with Crippen LogP contribution in [-0.2, 0) is 13.6 Å². The molecule has 3 heterocycles. The summed E-state index contributed by atoms with van der Waals surface area (Å²) in [5.41, 5.74) is 1.18. The minimum atomic E-state index is 0.127. The molecule has 2 fully saturated rings. The fraction of sp³-hybridized carbons (Fsp3) is 0.667. The highest BCUT2D eigenvalue weighted by Crippen LogP contribution is 2.40. The van der Waals surface area contributed by atoms with Gasteiger partial charge in [0.2, 0.25) is 5.89 Å². The molecule has 0 amide bonds. The zero-order chi connectivity index (χ0) is 15.1. The van der Waals surface area contributed by atoms with Crippen molar-refractivity contribution in [3.05, 3.63) is 29.7 Å². The molecule has 0 unspecified atom stereocenters. The molecular formula is C15H21N5O2. The summed E-state index contributed by atoms with van der Waals surface area (Å²) in [5, 5.41) is 18.0. The third-order valence-electron chi connectivity index (χ3n) is 4.63. The maximum atomic E-state index is 9.68. The summed E-state index contributed by atoms with van der Waals surface area (Å²) in [6.45, 7) is 2.67. The second kappa shape index (κ2) is 5.48. The first-order chi connectivity index (χ1) is 10.7. The maximum absolute atomic E-state index is 9.68. The molecule has 1 N–H and O–H groups in total. The van der Waals surface area contributed by atoms with Crippen LogP contribution < -0.4 is 0 Å². The van der Waals surface area contributed by atoms with Crippen LogP contribution in [0.2, 0.25) is 0 Å². The number of likely N-dealkylation sites (tertiary alicyclic amines) is 1. The van der Waals surface area contributed by atoms with Crippen LogP contribution in [0.1, 0.15) is 42.0 Å². The van der Waals surface area contributed by atoms with Gasteiger partial charge in [-0.05, 0) is 12.8 Å². The van der Waals surface area contributed by atoms with Gasteiger partial charge in [0.15, 0.2) is 5.82 Å². The van der Waals surface area contributed by atoms with Crippen molar-refractivity contribution in [2.24, 2.45) is 13.0 Å². The number of aliphatic hydroxyl groups is 1. The summed E-state index contributed by atoms with van der Waals surface area (Å²) in [7, 11) is 1.92. The third-order valence-corrected chi connectivity index (χ3v) is 4.63. The fourth-order valence-corrected chi connectivity index (χ4v) is 3.27. The minimum Gasteiger partial charge on any atom is -0.396 e. The molecule has 1 saturated heterocycles. The lowest BCUT2D eigenvalue weighted by atomic mass is 9.97. The van der Waals surface area contributed by atoms with Crippen molar-refractivity contribution in [1.82, 2.24) is 24.8 Å². The van der Waals surface area contributed by atoms with Gasteiger partial charge in [-0.2, -0.15) is 10.1 Å². The molecule has 118 valence electrons. The van der Waals surface area contributed by atoms with Gasteiger partial charge in [-0.1, -0.05) is 5.16 Å². The largest absolute Gasteiger partial charge is 0.396 e. The molecule has 2 aliphatic rings. The van der Waals surface area contributed by atoms with E-state index in [4.69, 9.17) is 4.52 Å². The Bertz CT molecular complexity index is 648. The number of hydrogen-bond acceptors (Lipinski definition) is 6. The van der Waals surface area contributed by atoms with Crippen LogP contribution in [-0.4, -0.2) is 49.6 Å². The molecule has 22 heavy (non-hydrogen) atoms. The van der Waals surface area contributed by atoms with E-state index in [1.165, 1.54) is 18.4 Å². The lowest BCUT2D eigenvalue weighted by Crippen LogP contribution is -2.20. The van der Waals surface area contributed by atoms with Gasteiger partial charge in [0.1, 0.15) is 0 Å². The van der Waals surface area contributed by atoms with E-state index in [2.05, 4.69) is 20.1 Å². The molecule has 0 spiro atoms. The van der Waals surface area contributed by atoms with E-state index < -0.39 is 0 Å². The summed E-state index contributed by atoms with van der Waals surface area (Å²) in [4.78, 5) is 6.89. The first-order valence-electron chi connectivity index (χ1n) is 7.87. The average Bonchev–Trinajstić information content (AvgIpc) is 2.94. The molecule has 1 aliphatic carbocycles. The highest BCUT2D eigenvalue weighted by molar-refractivity contribution is 5.10. The van der Waals surface area contributed by atoms with Gasteiger partial charge in [-0.3, -0.25) is 9.58 Å². The van der Waals surface area contributed by atoms with E-state index in [0.29, 0.717) is 11.8 Å². The van der Waals surface area contributed by atoms with Crippen LogP contribution in [0, 0.1) is 5.92 Å². The molecule has 4 rings (SSSR count). The van der Waals surface area contributed by atoms with E-state index in [0.717, 1.165) is 25.5 Å². The Morgan fingerprint density at radius 3 is 2.91 bits per heavy atom. The van der Waals surface area contributed by atoms with Gasteiger partial charge in [0, 0.05) is 56.9 Å². The second-order valence-corrected chi connectivity index (χ2v) is 6.53. The Labute approximate surface area is 128 Å². The zero-order valence-corrected chi connectivity index (χ0v) is 12.7. The number of aryl methyl sites for hydroxylation is 1. The van der Waals surface area contributed by atoms with Crippen LogP contribution in [0.15, 0.2) is 16.9 Å². The first kappa shape index (κ1) is 13.9. The van der Waals surface area contributed by atoms with Crippen molar-refractivity contribution in [2.75, 3.05) is 19.7 Å². The highest BCUT2D eigenvalue weighted by atomic mass is 16.5. The molecule has 1 aliphatic heterocycles. The fourth-order valence-electron chi connectivity index (χ4n) is 3.27. The van der Waals surface area contributed by atoms with Gasteiger partial charge in [0.05, 0.1) is 12.1 Å². The monoisotopic (exact) mass is 303 g/mol. The topological polar surface area (TPSA) is 80.2 Å². The molecule has 2 atom stereocenters. The Kier molecular flexibility index (Phi) is 3.46. The standard InChI is InChI=1S/C15H21N5O2/c1-19-5-10(4-16-19)6-20-7-12(9-21)13(8-20)15-17-14(18-22-15)11-2-3-11/h4-5,11-13,21H,2-3,6-9H2,1H3/t12-,13+/m0/s1. The van der Waals surface area contributed by atoms with Crippen LogP contribution in [0.5, 0.6) is 0 Å². The summed E-state index contributed by atoms with van der Waals surface area (Å²) in [5.74, 6) is 2.32. The third kappa shape index (κ3) is 2.66. The Balaban J connectivity index is 1.46. The van der Waals surface area contributed by atoms with Crippen molar-refractivity contribution in [1.29, 1.82) is 0 Å². The summed E-state index contributed by atoms with van der Waals surface area (Å²) < 4.78 is 7.28. The van der Waals surface area contributed by atoms with Crippen molar-refractivity contribution in [3.63, 3.8) is 0 Å². The average molecular weight is 303 g/mol. The molecule has 0 aromatic carbocycles. The van der Waals surface area contributed by atoms with Crippen molar-refractivity contribution < 1.29 is 9.63 Å². The van der Waals surface area contributed by atoms with Crippen molar-refractivity contribution in [2.45, 2.75) is 31.2 Å². The van der Waals surface area contributed by atoms with Gasteiger partial charge in [-0.15, -0.1) is 0 Å². The smallest absolute Gasteiger partial charge is 0.231 e. The summed E-state index contributed by atoms with van der Waals surface area (Å²) in [6.07, 6.45) is 6.25. The lowest BCUT2D eigenvalue weighted by Gasteiger charge is -2.13. The molecule has 2 aromatic rings. The number of nitrogens with zero attached hydrogens (tertiary/aromatic N) is 5.